The Bertz CT molecular complexity index is 581. The van der Waals surface area contributed by atoms with Crippen LogP contribution in [0.25, 0.3) is 0 Å². The molecule has 0 saturated carbocycles. The fraction of sp³-hybridized carbons (Fsp3) is 0.308. The lowest BCUT2D eigenvalue weighted by molar-refractivity contribution is -0.122. The van der Waals surface area contributed by atoms with E-state index in [-0.39, 0.29) is 11.7 Å². The highest BCUT2D eigenvalue weighted by Crippen LogP contribution is 2.08. The number of carbonyl (C=O) groups is 1. The minimum atomic E-state index is -3.16. The summed E-state index contributed by atoms with van der Waals surface area (Å²) in [4.78, 5) is 11.8. The van der Waals surface area contributed by atoms with Crippen LogP contribution in [0.2, 0.25) is 0 Å². The zero-order valence-electron chi connectivity index (χ0n) is 10.3. The van der Waals surface area contributed by atoms with Crippen molar-refractivity contribution in [2.75, 3.05) is 5.75 Å². The number of sulfone groups is 1. The summed E-state index contributed by atoms with van der Waals surface area (Å²) in [5.74, 6) is -0.424. The van der Waals surface area contributed by atoms with E-state index in [4.69, 9.17) is 5.73 Å². The predicted octanol–water partition coefficient (Wildman–Crippen LogP) is -0.0167. The van der Waals surface area contributed by atoms with Crippen LogP contribution in [-0.4, -0.2) is 32.2 Å². The molecular weight excluding hydrogens is 264 g/mol. The van der Waals surface area contributed by atoms with Crippen molar-refractivity contribution in [3.8, 4) is 0 Å². The van der Waals surface area contributed by atoms with E-state index in [1.54, 1.807) is 0 Å². The summed E-state index contributed by atoms with van der Waals surface area (Å²) in [6.07, 6.45) is 1.90. The molecule has 1 heterocycles. The van der Waals surface area contributed by atoms with Crippen LogP contribution in [0.5, 0.6) is 0 Å². The topological polar surface area (TPSA) is 89.3 Å². The number of carbonyl (C=O) groups excluding carboxylic acids is 1. The molecule has 1 amide bonds. The van der Waals surface area contributed by atoms with Crippen LogP contribution in [-0.2, 0) is 21.1 Å². The van der Waals surface area contributed by atoms with Gasteiger partial charge in [0.1, 0.15) is 0 Å². The Morgan fingerprint density at radius 3 is 2.63 bits per heavy atom. The average Bonchev–Trinajstić information content (AvgIpc) is 2.70. The van der Waals surface area contributed by atoms with Gasteiger partial charge in [-0.05, 0) is 18.1 Å². The predicted molar refractivity (Wildman–Crippen MR) is 73.0 cm³/mol. The zero-order chi connectivity index (χ0) is 13.9. The highest BCUT2D eigenvalue weighted by Gasteiger charge is 2.25. The van der Waals surface area contributed by atoms with Crippen LogP contribution in [0, 0.1) is 0 Å². The van der Waals surface area contributed by atoms with Crippen molar-refractivity contribution >= 4 is 15.7 Å². The highest BCUT2D eigenvalue weighted by atomic mass is 32.2. The SMILES string of the molecule is N[C@@H](Cc1ccccc1)C(=O)NC1C=CS(=O)(=O)C1. The zero-order valence-corrected chi connectivity index (χ0v) is 11.1. The van der Waals surface area contributed by atoms with E-state index in [9.17, 15) is 13.2 Å². The Labute approximate surface area is 112 Å². The van der Waals surface area contributed by atoms with Gasteiger partial charge in [0.05, 0.1) is 17.8 Å². The first-order valence-electron chi connectivity index (χ1n) is 5.97. The van der Waals surface area contributed by atoms with Crippen molar-refractivity contribution in [2.45, 2.75) is 18.5 Å². The Hall–Kier alpha value is -1.66. The summed E-state index contributed by atoms with van der Waals surface area (Å²) >= 11 is 0. The van der Waals surface area contributed by atoms with E-state index in [1.165, 1.54) is 6.08 Å². The van der Waals surface area contributed by atoms with Gasteiger partial charge >= 0.3 is 0 Å². The molecule has 0 aliphatic carbocycles. The van der Waals surface area contributed by atoms with Gasteiger partial charge in [-0.25, -0.2) is 8.42 Å². The lowest BCUT2D eigenvalue weighted by Gasteiger charge is -2.15. The van der Waals surface area contributed by atoms with Gasteiger partial charge in [0.25, 0.3) is 0 Å². The second kappa shape index (κ2) is 5.54. The summed E-state index contributed by atoms with van der Waals surface area (Å²) < 4.78 is 22.4. The fourth-order valence-corrected chi connectivity index (χ4v) is 3.15. The molecule has 5 nitrogen and oxygen atoms in total. The van der Waals surface area contributed by atoms with Gasteiger partial charge < -0.3 is 11.1 Å². The Balaban J connectivity index is 1.89. The number of amides is 1. The molecular formula is C13H16N2O3S. The third-order valence-corrected chi connectivity index (χ3v) is 4.29. The van der Waals surface area contributed by atoms with E-state index in [0.717, 1.165) is 11.0 Å². The number of benzene rings is 1. The van der Waals surface area contributed by atoms with Crippen molar-refractivity contribution in [1.29, 1.82) is 0 Å². The van der Waals surface area contributed by atoms with Crippen LogP contribution in [0.1, 0.15) is 5.56 Å². The fourth-order valence-electron chi connectivity index (χ4n) is 1.92. The van der Waals surface area contributed by atoms with Crippen molar-refractivity contribution in [2.24, 2.45) is 5.73 Å². The number of hydrogen-bond acceptors (Lipinski definition) is 4. The molecule has 0 saturated heterocycles. The van der Waals surface area contributed by atoms with Gasteiger partial charge in [0.2, 0.25) is 5.91 Å². The second-order valence-electron chi connectivity index (χ2n) is 4.57. The lowest BCUT2D eigenvalue weighted by Crippen LogP contribution is -2.46. The number of nitrogens with two attached hydrogens (primary N) is 1. The van der Waals surface area contributed by atoms with Crippen molar-refractivity contribution in [3.05, 3.63) is 47.4 Å². The molecule has 19 heavy (non-hydrogen) atoms. The van der Waals surface area contributed by atoms with Gasteiger partial charge in [-0.2, -0.15) is 0 Å². The smallest absolute Gasteiger partial charge is 0.237 e. The molecule has 0 fully saturated rings. The van der Waals surface area contributed by atoms with Crippen LogP contribution in [0.4, 0.5) is 0 Å². The summed E-state index contributed by atoms with van der Waals surface area (Å²) in [5.41, 5.74) is 6.78. The molecule has 1 aromatic carbocycles. The molecule has 0 spiro atoms. The van der Waals surface area contributed by atoms with Crippen molar-refractivity contribution in [1.82, 2.24) is 5.32 Å². The number of rotatable bonds is 4. The Kier molecular flexibility index (Phi) is 4.01. The maximum atomic E-state index is 11.8. The van der Waals surface area contributed by atoms with Crippen LogP contribution in [0.15, 0.2) is 41.8 Å². The standard InChI is InChI=1S/C13H16N2O3S/c14-12(8-10-4-2-1-3-5-10)13(16)15-11-6-7-19(17,18)9-11/h1-7,11-12H,8-9,14H2,(H,15,16)/t11?,12-/m0/s1. The molecule has 2 rings (SSSR count). The maximum absolute atomic E-state index is 11.8. The van der Waals surface area contributed by atoms with Crippen molar-refractivity contribution in [3.63, 3.8) is 0 Å². The molecule has 1 aliphatic heterocycles. The van der Waals surface area contributed by atoms with Gasteiger partial charge in [-0.3, -0.25) is 4.79 Å². The van der Waals surface area contributed by atoms with Gasteiger partial charge in [-0.15, -0.1) is 0 Å². The minimum Gasteiger partial charge on any atom is -0.347 e. The van der Waals surface area contributed by atoms with Gasteiger partial charge in [0, 0.05) is 5.41 Å². The molecule has 3 N–H and O–H groups in total. The van der Waals surface area contributed by atoms with E-state index in [0.29, 0.717) is 6.42 Å². The quantitative estimate of drug-likeness (QED) is 0.811. The van der Waals surface area contributed by atoms with E-state index in [2.05, 4.69) is 5.32 Å². The summed E-state index contributed by atoms with van der Waals surface area (Å²) in [7, 11) is -3.16. The molecule has 0 aromatic heterocycles. The van der Waals surface area contributed by atoms with Gasteiger partial charge in [-0.1, -0.05) is 30.3 Å². The molecule has 0 bridgehead atoms. The normalized spacial score (nSPS) is 22.1. The molecule has 2 atom stereocenters. The monoisotopic (exact) mass is 280 g/mol. The average molecular weight is 280 g/mol. The van der Waals surface area contributed by atoms with Gasteiger partial charge in [0.15, 0.2) is 9.84 Å². The van der Waals surface area contributed by atoms with E-state index in [1.807, 2.05) is 30.3 Å². The number of hydrogen-bond donors (Lipinski definition) is 2. The van der Waals surface area contributed by atoms with E-state index >= 15 is 0 Å². The molecule has 0 radical (unpaired) electrons. The Morgan fingerprint density at radius 2 is 2.05 bits per heavy atom. The highest BCUT2D eigenvalue weighted by molar-refractivity contribution is 7.94. The van der Waals surface area contributed by atoms with Crippen molar-refractivity contribution < 1.29 is 13.2 Å². The largest absolute Gasteiger partial charge is 0.347 e. The molecule has 1 unspecified atom stereocenters. The summed E-state index contributed by atoms with van der Waals surface area (Å²) in [6.45, 7) is 0. The van der Waals surface area contributed by atoms with Crippen LogP contribution in [0.3, 0.4) is 0 Å². The summed E-state index contributed by atoms with van der Waals surface area (Å²) in [6, 6.07) is 8.29. The molecule has 102 valence electrons. The first-order chi connectivity index (χ1) is 8.96. The van der Waals surface area contributed by atoms with E-state index < -0.39 is 21.9 Å². The second-order valence-corrected chi connectivity index (χ2v) is 6.50. The third-order valence-electron chi connectivity index (χ3n) is 2.89. The lowest BCUT2D eigenvalue weighted by atomic mass is 10.1. The third kappa shape index (κ3) is 3.90. The first kappa shape index (κ1) is 13.8. The Morgan fingerprint density at radius 1 is 1.37 bits per heavy atom. The van der Waals surface area contributed by atoms with Crippen LogP contribution < -0.4 is 11.1 Å². The minimum absolute atomic E-state index is 0.0865. The molecule has 6 heteroatoms. The maximum Gasteiger partial charge on any atom is 0.237 e. The first-order valence-corrected chi connectivity index (χ1v) is 7.69. The number of nitrogens with one attached hydrogen (secondary N) is 1. The van der Waals surface area contributed by atoms with Crippen LogP contribution >= 0.6 is 0 Å². The molecule has 1 aromatic rings. The summed E-state index contributed by atoms with van der Waals surface area (Å²) in [5, 5.41) is 3.75. The molecule has 1 aliphatic rings.